The quantitative estimate of drug-likeness (QED) is 0.555. The molecule has 166 valence electrons. The molecular formula is C24H25N3O4S. The molecule has 1 aromatic carbocycles. The third-order valence-electron chi connectivity index (χ3n) is 4.81. The second-order valence-corrected chi connectivity index (χ2v) is 8.41. The van der Waals surface area contributed by atoms with Crippen LogP contribution in [0.5, 0.6) is 0 Å². The second-order valence-electron chi connectivity index (χ2n) is 7.38. The van der Waals surface area contributed by atoms with E-state index < -0.39 is 5.91 Å². The Bertz CT molecular complexity index is 1360. The molecule has 3 aromatic rings. The van der Waals surface area contributed by atoms with Gasteiger partial charge in [-0.2, -0.15) is 5.26 Å². The third-order valence-corrected chi connectivity index (χ3v) is 5.91. The fraction of sp³-hybridized carbons (Fsp3) is 0.292. The zero-order valence-electron chi connectivity index (χ0n) is 18.5. The van der Waals surface area contributed by atoms with Gasteiger partial charge >= 0.3 is 0 Å². The number of hydrogen-bond donors (Lipinski definition) is 1. The minimum Gasteiger partial charge on any atom is -0.462 e. The SMILES string of the molecule is COCCCNC(=O)/C(C#N)=c1\s/c(=C\c2ccc(C)o2)c(=O)n1-c1ccc(C)cc1C. The number of amides is 1. The molecule has 0 fully saturated rings. The Morgan fingerprint density at radius 3 is 2.69 bits per heavy atom. The number of carbonyl (C=O) groups is 1. The van der Waals surface area contributed by atoms with E-state index in [-0.39, 0.29) is 15.8 Å². The van der Waals surface area contributed by atoms with Crippen molar-refractivity contribution in [2.24, 2.45) is 0 Å². The number of aryl methyl sites for hydroxylation is 3. The number of nitriles is 1. The van der Waals surface area contributed by atoms with Crippen LogP contribution in [0.25, 0.3) is 17.3 Å². The molecule has 2 aromatic heterocycles. The highest BCUT2D eigenvalue weighted by molar-refractivity contribution is 7.07. The number of rotatable bonds is 7. The second kappa shape index (κ2) is 10.3. The van der Waals surface area contributed by atoms with E-state index in [4.69, 9.17) is 9.15 Å². The number of thiazole rings is 1. The summed E-state index contributed by atoms with van der Waals surface area (Å²) in [6.45, 7) is 6.54. The average molecular weight is 452 g/mol. The predicted molar refractivity (Wildman–Crippen MR) is 124 cm³/mol. The van der Waals surface area contributed by atoms with Crippen LogP contribution in [0.1, 0.15) is 29.1 Å². The molecule has 0 spiro atoms. The van der Waals surface area contributed by atoms with E-state index in [2.05, 4.69) is 5.32 Å². The summed E-state index contributed by atoms with van der Waals surface area (Å²) in [4.78, 5) is 26.2. The molecule has 3 rings (SSSR count). The van der Waals surface area contributed by atoms with Gasteiger partial charge < -0.3 is 14.5 Å². The Morgan fingerprint density at radius 1 is 1.28 bits per heavy atom. The van der Waals surface area contributed by atoms with Crippen LogP contribution in [0.4, 0.5) is 0 Å². The number of nitrogens with zero attached hydrogens (tertiary/aromatic N) is 2. The summed E-state index contributed by atoms with van der Waals surface area (Å²) in [5.74, 6) is 0.730. The van der Waals surface area contributed by atoms with Gasteiger partial charge in [-0.3, -0.25) is 14.2 Å². The number of furan rings is 1. The van der Waals surface area contributed by atoms with Gasteiger partial charge in [0.15, 0.2) is 5.57 Å². The Hall–Kier alpha value is -3.41. The van der Waals surface area contributed by atoms with Crippen molar-refractivity contribution in [3.63, 3.8) is 0 Å². The van der Waals surface area contributed by atoms with Crippen LogP contribution in [-0.2, 0) is 9.53 Å². The maximum Gasteiger partial charge on any atom is 0.273 e. The van der Waals surface area contributed by atoms with E-state index in [0.29, 0.717) is 35.6 Å². The van der Waals surface area contributed by atoms with Crippen molar-refractivity contribution in [2.45, 2.75) is 27.2 Å². The van der Waals surface area contributed by atoms with Gasteiger partial charge in [0.2, 0.25) is 0 Å². The number of ether oxygens (including phenoxy) is 1. The minimum atomic E-state index is -0.524. The summed E-state index contributed by atoms with van der Waals surface area (Å²) in [5, 5.41) is 12.6. The van der Waals surface area contributed by atoms with Crippen molar-refractivity contribution < 1.29 is 13.9 Å². The lowest BCUT2D eigenvalue weighted by Crippen LogP contribution is -2.34. The van der Waals surface area contributed by atoms with Crippen molar-refractivity contribution in [2.75, 3.05) is 20.3 Å². The van der Waals surface area contributed by atoms with Crippen molar-refractivity contribution in [3.8, 4) is 11.8 Å². The fourth-order valence-corrected chi connectivity index (χ4v) is 4.36. The van der Waals surface area contributed by atoms with Crippen LogP contribution >= 0.6 is 11.3 Å². The van der Waals surface area contributed by atoms with Gasteiger partial charge in [0, 0.05) is 26.3 Å². The largest absolute Gasteiger partial charge is 0.462 e. The molecule has 0 saturated heterocycles. The molecule has 1 N–H and O–H groups in total. The van der Waals surface area contributed by atoms with Gasteiger partial charge in [-0.1, -0.05) is 17.7 Å². The van der Waals surface area contributed by atoms with Crippen LogP contribution in [-0.4, -0.2) is 30.7 Å². The van der Waals surface area contributed by atoms with E-state index >= 15 is 0 Å². The molecule has 7 nitrogen and oxygen atoms in total. The van der Waals surface area contributed by atoms with E-state index in [1.165, 1.54) is 4.57 Å². The van der Waals surface area contributed by atoms with E-state index in [9.17, 15) is 14.9 Å². The van der Waals surface area contributed by atoms with Crippen molar-refractivity contribution in [1.82, 2.24) is 9.88 Å². The van der Waals surface area contributed by atoms with Crippen molar-refractivity contribution >= 4 is 28.9 Å². The lowest BCUT2D eigenvalue weighted by Gasteiger charge is -2.09. The molecule has 2 heterocycles. The van der Waals surface area contributed by atoms with Gasteiger partial charge in [0.1, 0.15) is 22.3 Å². The standard InChI is InChI=1S/C24H25N3O4S/c1-15-6-9-20(16(2)12-15)27-23(29)21(13-18-8-7-17(3)31-18)32-24(27)19(14-25)22(28)26-10-5-11-30-4/h6-9,12-13H,5,10-11H2,1-4H3,(H,26,28)/b21-13-,24-19-. The summed E-state index contributed by atoms with van der Waals surface area (Å²) in [6, 6.07) is 11.3. The monoisotopic (exact) mass is 451 g/mol. The first kappa shape index (κ1) is 23.3. The normalized spacial score (nSPS) is 12.5. The number of aromatic nitrogens is 1. The van der Waals surface area contributed by atoms with Crippen LogP contribution in [0.2, 0.25) is 0 Å². The molecule has 0 aliphatic carbocycles. The molecule has 1 amide bonds. The Kier molecular flexibility index (Phi) is 7.46. The summed E-state index contributed by atoms with van der Waals surface area (Å²) in [7, 11) is 1.58. The first-order valence-corrected chi connectivity index (χ1v) is 11.0. The number of hydrogen-bond acceptors (Lipinski definition) is 6. The zero-order chi connectivity index (χ0) is 23.3. The molecule has 0 aliphatic heterocycles. The minimum absolute atomic E-state index is 0.111. The van der Waals surface area contributed by atoms with Gasteiger partial charge in [-0.25, -0.2) is 0 Å². The van der Waals surface area contributed by atoms with Crippen LogP contribution in [0, 0.1) is 32.1 Å². The lowest BCUT2D eigenvalue weighted by atomic mass is 10.1. The third kappa shape index (κ3) is 5.07. The van der Waals surface area contributed by atoms with E-state index in [1.54, 1.807) is 19.3 Å². The highest BCUT2D eigenvalue weighted by Crippen LogP contribution is 2.13. The number of benzene rings is 1. The van der Waals surface area contributed by atoms with Crippen molar-refractivity contribution in [1.29, 1.82) is 5.26 Å². The zero-order valence-corrected chi connectivity index (χ0v) is 19.3. The summed E-state index contributed by atoms with van der Waals surface area (Å²) >= 11 is 1.09. The topological polar surface area (TPSA) is 97.3 Å². The molecule has 0 aliphatic rings. The molecular weight excluding hydrogens is 426 g/mol. The lowest BCUT2D eigenvalue weighted by molar-refractivity contribution is -0.115. The maximum absolute atomic E-state index is 13.4. The van der Waals surface area contributed by atoms with E-state index in [0.717, 1.165) is 28.2 Å². The summed E-state index contributed by atoms with van der Waals surface area (Å²) in [5.41, 5.74) is 2.12. The number of methoxy groups -OCH3 is 1. The Morgan fingerprint density at radius 2 is 2.06 bits per heavy atom. The fourth-order valence-electron chi connectivity index (χ4n) is 3.29. The average Bonchev–Trinajstić information content (AvgIpc) is 3.30. The summed E-state index contributed by atoms with van der Waals surface area (Å²) in [6.07, 6.45) is 2.25. The van der Waals surface area contributed by atoms with Crippen molar-refractivity contribution in [3.05, 3.63) is 72.5 Å². The van der Waals surface area contributed by atoms with Gasteiger partial charge in [0.05, 0.1) is 10.2 Å². The smallest absolute Gasteiger partial charge is 0.273 e. The van der Waals surface area contributed by atoms with E-state index in [1.807, 2.05) is 51.1 Å². The molecule has 0 radical (unpaired) electrons. The molecule has 8 heteroatoms. The highest BCUT2D eigenvalue weighted by Gasteiger charge is 2.18. The first-order chi connectivity index (χ1) is 15.3. The molecule has 0 unspecified atom stereocenters. The van der Waals surface area contributed by atoms with Gasteiger partial charge in [-0.05, 0) is 51.0 Å². The Balaban J connectivity index is 2.26. The summed E-state index contributed by atoms with van der Waals surface area (Å²) < 4.78 is 12.7. The van der Waals surface area contributed by atoms with Gasteiger partial charge in [-0.15, -0.1) is 11.3 Å². The van der Waals surface area contributed by atoms with Crippen LogP contribution < -0.4 is 20.1 Å². The molecule has 0 bridgehead atoms. The predicted octanol–water partition coefficient (Wildman–Crippen LogP) is 2.07. The molecule has 0 saturated carbocycles. The van der Waals surface area contributed by atoms with Crippen LogP contribution in [0.3, 0.4) is 0 Å². The maximum atomic E-state index is 13.4. The Labute approximate surface area is 189 Å². The highest BCUT2D eigenvalue weighted by atomic mass is 32.1. The number of nitrogens with one attached hydrogen (secondary N) is 1. The molecule has 0 atom stereocenters. The van der Waals surface area contributed by atoms with Crippen LogP contribution in [0.15, 0.2) is 39.5 Å². The molecule has 32 heavy (non-hydrogen) atoms. The number of carbonyl (C=O) groups excluding carboxylic acids is 1. The first-order valence-electron chi connectivity index (χ1n) is 10.1. The van der Waals surface area contributed by atoms with Gasteiger partial charge in [0.25, 0.3) is 11.5 Å².